The van der Waals surface area contributed by atoms with Gasteiger partial charge in [0.25, 0.3) is 5.97 Å². The molecule has 2 bridgehead atoms. The Morgan fingerprint density at radius 2 is 1.95 bits per heavy atom. The van der Waals surface area contributed by atoms with Gasteiger partial charge in [-0.05, 0) is 26.3 Å². The van der Waals surface area contributed by atoms with Gasteiger partial charge in [0.1, 0.15) is 12.2 Å². The molecule has 126 valence electrons. The van der Waals surface area contributed by atoms with Crippen LogP contribution in [0.2, 0.25) is 0 Å². The first-order valence-corrected chi connectivity index (χ1v) is 8.00. The summed E-state index contributed by atoms with van der Waals surface area (Å²) in [6.07, 6.45) is 2.55. The lowest BCUT2D eigenvalue weighted by molar-refractivity contribution is -0.327. The van der Waals surface area contributed by atoms with E-state index in [4.69, 9.17) is 19.3 Å². The number of likely N-dealkylation sites (N-methyl/N-ethyl adjacent to an activating group) is 1. The van der Waals surface area contributed by atoms with Crippen molar-refractivity contribution in [2.45, 2.75) is 68.9 Å². The third-order valence-electron chi connectivity index (χ3n) is 5.18. The maximum atomic E-state index is 11.9. The smallest absolute Gasteiger partial charge is 0.280 e. The molecule has 4 unspecified atom stereocenters. The third kappa shape index (κ3) is 2.76. The van der Waals surface area contributed by atoms with Crippen LogP contribution in [-0.2, 0) is 19.0 Å². The summed E-state index contributed by atoms with van der Waals surface area (Å²) < 4.78 is 17.3. The maximum absolute atomic E-state index is 11.9. The van der Waals surface area contributed by atoms with Gasteiger partial charge in [0, 0.05) is 45.2 Å². The molecule has 3 rings (SSSR count). The fourth-order valence-electron chi connectivity index (χ4n) is 3.99. The Kier molecular flexibility index (Phi) is 4.44. The highest BCUT2D eigenvalue weighted by atomic mass is 16.9. The Labute approximate surface area is 130 Å². The maximum Gasteiger partial charge on any atom is 0.280 e. The van der Waals surface area contributed by atoms with Crippen LogP contribution in [0.1, 0.15) is 32.6 Å². The van der Waals surface area contributed by atoms with Crippen LogP contribution < -0.4 is 5.32 Å². The Bertz CT molecular complexity index is 410. The Hall–Kier alpha value is -0.730. The standard InChI is InChI=1S/C15H26N2O5/c1-15(20-3)21-13-10-7-9(16-12(19)5-4-6-18)8-11(17(10)2)14(13)22-15/h9-11,13-14,18H,4-8H2,1-3H3,(H,16,19). The first-order chi connectivity index (χ1) is 10.5. The van der Waals surface area contributed by atoms with Crippen LogP contribution in [-0.4, -0.2) is 73.0 Å². The monoisotopic (exact) mass is 314 g/mol. The van der Waals surface area contributed by atoms with Crippen molar-refractivity contribution in [3.05, 3.63) is 0 Å². The second kappa shape index (κ2) is 6.05. The molecule has 3 fully saturated rings. The number of amides is 1. The summed E-state index contributed by atoms with van der Waals surface area (Å²) in [7, 11) is 3.68. The zero-order valence-corrected chi connectivity index (χ0v) is 13.4. The minimum atomic E-state index is -0.954. The molecular weight excluding hydrogens is 288 g/mol. The molecule has 1 amide bonds. The van der Waals surface area contributed by atoms with Gasteiger partial charge in [-0.25, -0.2) is 0 Å². The zero-order chi connectivity index (χ0) is 15.9. The highest BCUT2D eigenvalue weighted by molar-refractivity contribution is 5.76. The average Bonchev–Trinajstić information content (AvgIpc) is 2.89. The number of hydrogen-bond acceptors (Lipinski definition) is 6. The van der Waals surface area contributed by atoms with Crippen LogP contribution in [0.4, 0.5) is 0 Å². The summed E-state index contributed by atoms with van der Waals surface area (Å²) in [4.78, 5) is 14.2. The van der Waals surface area contributed by atoms with Gasteiger partial charge < -0.3 is 24.6 Å². The number of aliphatic hydroxyl groups excluding tert-OH is 1. The van der Waals surface area contributed by atoms with E-state index in [1.807, 2.05) is 0 Å². The van der Waals surface area contributed by atoms with Crippen LogP contribution in [0.25, 0.3) is 0 Å². The first-order valence-electron chi connectivity index (χ1n) is 8.00. The highest BCUT2D eigenvalue weighted by Crippen LogP contribution is 2.45. The second-order valence-corrected chi connectivity index (χ2v) is 6.59. The van der Waals surface area contributed by atoms with Gasteiger partial charge in [0.05, 0.1) is 0 Å². The fourth-order valence-corrected chi connectivity index (χ4v) is 3.99. The number of aliphatic hydroxyl groups is 1. The first kappa shape index (κ1) is 16.1. The molecule has 0 aromatic carbocycles. The molecule has 0 radical (unpaired) electrons. The van der Waals surface area contributed by atoms with Gasteiger partial charge in [-0.3, -0.25) is 9.69 Å². The van der Waals surface area contributed by atoms with E-state index in [0.29, 0.717) is 12.8 Å². The molecule has 3 saturated heterocycles. The summed E-state index contributed by atoms with van der Waals surface area (Å²) in [6, 6.07) is 0.594. The van der Waals surface area contributed by atoms with Crippen molar-refractivity contribution >= 4 is 5.91 Å². The van der Waals surface area contributed by atoms with Gasteiger partial charge in [-0.15, -0.1) is 0 Å². The summed E-state index contributed by atoms with van der Waals surface area (Å²) >= 11 is 0. The summed E-state index contributed by atoms with van der Waals surface area (Å²) in [5.41, 5.74) is 0. The molecule has 3 aliphatic heterocycles. The van der Waals surface area contributed by atoms with Gasteiger partial charge in [0.2, 0.25) is 5.91 Å². The predicted octanol–water partition coefficient (Wildman–Crippen LogP) is -0.176. The lowest BCUT2D eigenvalue weighted by atomic mass is 9.97. The molecule has 2 N–H and O–H groups in total. The van der Waals surface area contributed by atoms with Crippen LogP contribution in [0.15, 0.2) is 0 Å². The van der Waals surface area contributed by atoms with Crippen molar-refractivity contribution in [3.8, 4) is 0 Å². The minimum Gasteiger partial charge on any atom is -0.396 e. The van der Waals surface area contributed by atoms with E-state index in [1.165, 1.54) is 0 Å². The summed E-state index contributed by atoms with van der Waals surface area (Å²) in [6.45, 7) is 1.85. The number of fused-ring (bicyclic) bond motifs is 5. The van der Waals surface area contributed by atoms with Crippen LogP contribution >= 0.6 is 0 Å². The molecule has 4 atom stereocenters. The lowest BCUT2D eigenvalue weighted by Crippen LogP contribution is -2.52. The van der Waals surface area contributed by atoms with Crippen molar-refractivity contribution in [1.82, 2.24) is 10.2 Å². The van der Waals surface area contributed by atoms with Crippen molar-refractivity contribution in [2.75, 3.05) is 20.8 Å². The van der Waals surface area contributed by atoms with E-state index < -0.39 is 5.97 Å². The third-order valence-corrected chi connectivity index (χ3v) is 5.18. The molecule has 0 aliphatic carbocycles. The number of methoxy groups -OCH3 is 1. The topological polar surface area (TPSA) is 80.3 Å². The number of nitrogens with one attached hydrogen (secondary N) is 1. The number of hydrogen-bond donors (Lipinski definition) is 2. The van der Waals surface area contributed by atoms with E-state index in [0.717, 1.165) is 12.8 Å². The Balaban J connectivity index is 1.63. The molecule has 7 nitrogen and oxygen atoms in total. The zero-order valence-electron chi connectivity index (χ0n) is 13.4. The van der Waals surface area contributed by atoms with Crippen LogP contribution in [0.5, 0.6) is 0 Å². The molecule has 0 aromatic rings. The van der Waals surface area contributed by atoms with Gasteiger partial charge in [0.15, 0.2) is 0 Å². The number of rotatable bonds is 5. The quantitative estimate of drug-likeness (QED) is 0.733. The predicted molar refractivity (Wildman–Crippen MR) is 78.0 cm³/mol. The lowest BCUT2D eigenvalue weighted by Gasteiger charge is -2.39. The normalized spacial score (nSPS) is 44.1. The number of nitrogens with zero attached hydrogens (tertiary/aromatic N) is 1. The molecule has 3 aliphatic rings. The van der Waals surface area contributed by atoms with Crippen molar-refractivity contribution in [1.29, 1.82) is 0 Å². The SMILES string of the molecule is COC1(C)OC2C(O1)C1CC(NC(=O)CCCO)CC2N1C. The molecular formula is C15H26N2O5. The average molecular weight is 314 g/mol. The van der Waals surface area contributed by atoms with E-state index in [-0.39, 0.29) is 42.8 Å². The van der Waals surface area contributed by atoms with E-state index >= 15 is 0 Å². The molecule has 7 heteroatoms. The van der Waals surface area contributed by atoms with Gasteiger partial charge in [-0.2, -0.15) is 0 Å². The number of ether oxygens (including phenoxy) is 3. The molecule has 0 saturated carbocycles. The van der Waals surface area contributed by atoms with Crippen molar-refractivity contribution < 1.29 is 24.1 Å². The summed E-state index contributed by atoms with van der Waals surface area (Å²) in [5, 5.41) is 11.9. The fraction of sp³-hybridized carbons (Fsp3) is 0.933. The molecule has 22 heavy (non-hydrogen) atoms. The van der Waals surface area contributed by atoms with Crippen molar-refractivity contribution in [3.63, 3.8) is 0 Å². The number of carbonyl (C=O) groups is 1. The molecule has 0 spiro atoms. The van der Waals surface area contributed by atoms with Gasteiger partial charge in [-0.1, -0.05) is 0 Å². The largest absolute Gasteiger partial charge is 0.396 e. The van der Waals surface area contributed by atoms with Crippen LogP contribution in [0, 0.1) is 0 Å². The van der Waals surface area contributed by atoms with E-state index in [1.54, 1.807) is 14.0 Å². The molecule has 3 heterocycles. The van der Waals surface area contributed by atoms with E-state index in [2.05, 4.69) is 17.3 Å². The number of piperidine rings is 1. The minimum absolute atomic E-state index is 0.0109. The number of carbonyl (C=O) groups excluding carboxylic acids is 1. The Morgan fingerprint density at radius 3 is 2.45 bits per heavy atom. The van der Waals surface area contributed by atoms with Crippen LogP contribution in [0.3, 0.4) is 0 Å². The summed E-state index contributed by atoms with van der Waals surface area (Å²) in [5.74, 6) is -0.943. The highest BCUT2D eigenvalue weighted by Gasteiger charge is 2.60. The van der Waals surface area contributed by atoms with Gasteiger partial charge >= 0.3 is 0 Å². The van der Waals surface area contributed by atoms with Crippen molar-refractivity contribution in [2.24, 2.45) is 0 Å². The Morgan fingerprint density at radius 1 is 1.36 bits per heavy atom. The van der Waals surface area contributed by atoms with E-state index in [9.17, 15) is 4.79 Å². The molecule has 0 aromatic heterocycles. The second-order valence-electron chi connectivity index (χ2n) is 6.59.